The maximum absolute atomic E-state index is 12.9. The lowest BCUT2D eigenvalue weighted by Gasteiger charge is -2.19. The van der Waals surface area contributed by atoms with E-state index in [0.717, 1.165) is 17.2 Å². The minimum atomic E-state index is -4.52. The van der Waals surface area contributed by atoms with Crippen LogP contribution >= 0.6 is 23.8 Å². The molecule has 7 heteroatoms. The van der Waals surface area contributed by atoms with Crippen molar-refractivity contribution in [3.05, 3.63) is 64.2 Å². The first-order valence-corrected chi connectivity index (χ1v) is 7.97. The van der Waals surface area contributed by atoms with E-state index >= 15 is 0 Å². The SMILES string of the molecule is Cc1ccccc1[C@H](C)NC(=S)Nc1ccc(Cl)c(C(F)(F)F)c1. The van der Waals surface area contributed by atoms with Gasteiger partial charge < -0.3 is 10.6 Å². The van der Waals surface area contributed by atoms with Crippen LogP contribution in [0.4, 0.5) is 18.9 Å². The zero-order valence-electron chi connectivity index (χ0n) is 13.0. The zero-order chi connectivity index (χ0) is 17.9. The van der Waals surface area contributed by atoms with Crippen molar-refractivity contribution in [3.63, 3.8) is 0 Å². The van der Waals surface area contributed by atoms with Crippen LogP contribution in [0.3, 0.4) is 0 Å². The van der Waals surface area contributed by atoms with Gasteiger partial charge in [-0.05, 0) is 55.4 Å². The van der Waals surface area contributed by atoms with E-state index in [4.69, 9.17) is 23.8 Å². The van der Waals surface area contributed by atoms with Gasteiger partial charge in [0.1, 0.15) is 0 Å². The molecular formula is C17H16ClF3N2S. The van der Waals surface area contributed by atoms with Crippen LogP contribution in [0.25, 0.3) is 0 Å². The average molecular weight is 373 g/mol. The summed E-state index contributed by atoms with van der Waals surface area (Å²) >= 11 is 10.8. The minimum absolute atomic E-state index is 0.0828. The van der Waals surface area contributed by atoms with Gasteiger partial charge in [0.15, 0.2) is 5.11 Å². The molecule has 2 rings (SSSR count). The summed E-state index contributed by atoms with van der Waals surface area (Å²) in [7, 11) is 0. The normalized spacial score (nSPS) is 12.6. The van der Waals surface area contributed by atoms with Crippen LogP contribution in [-0.4, -0.2) is 5.11 Å². The molecule has 0 bridgehead atoms. The lowest BCUT2D eigenvalue weighted by molar-refractivity contribution is -0.137. The molecule has 0 saturated heterocycles. The highest BCUT2D eigenvalue weighted by molar-refractivity contribution is 7.80. The van der Waals surface area contributed by atoms with E-state index in [1.54, 1.807) is 0 Å². The molecule has 2 N–H and O–H groups in total. The molecule has 0 spiro atoms. The molecule has 0 unspecified atom stereocenters. The Labute approximate surface area is 149 Å². The lowest BCUT2D eigenvalue weighted by atomic mass is 10.0. The lowest BCUT2D eigenvalue weighted by Crippen LogP contribution is -2.31. The van der Waals surface area contributed by atoms with Crippen molar-refractivity contribution >= 4 is 34.6 Å². The van der Waals surface area contributed by atoms with Crippen LogP contribution in [-0.2, 0) is 6.18 Å². The number of nitrogens with one attached hydrogen (secondary N) is 2. The van der Waals surface area contributed by atoms with Crippen molar-refractivity contribution in [2.75, 3.05) is 5.32 Å². The molecule has 0 fully saturated rings. The molecule has 0 saturated carbocycles. The van der Waals surface area contributed by atoms with E-state index in [1.165, 1.54) is 12.1 Å². The van der Waals surface area contributed by atoms with E-state index in [2.05, 4.69) is 10.6 Å². The first kappa shape index (κ1) is 18.5. The second-order valence-corrected chi connectivity index (χ2v) is 6.18. The predicted molar refractivity (Wildman–Crippen MR) is 95.4 cm³/mol. The van der Waals surface area contributed by atoms with Gasteiger partial charge in [-0.15, -0.1) is 0 Å². The third-order valence-corrected chi connectivity index (χ3v) is 4.08. The van der Waals surface area contributed by atoms with Gasteiger partial charge in [-0.25, -0.2) is 0 Å². The summed E-state index contributed by atoms with van der Waals surface area (Å²) in [6.45, 7) is 3.91. The molecule has 0 heterocycles. The molecule has 0 aromatic heterocycles. The Bertz CT molecular complexity index is 747. The summed E-state index contributed by atoms with van der Waals surface area (Å²) in [5, 5.41) is 5.72. The van der Waals surface area contributed by atoms with Gasteiger partial charge in [0, 0.05) is 5.69 Å². The van der Waals surface area contributed by atoms with Gasteiger partial charge >= 0.3 is 6.18 Å². The zero-order valence-corrected chi connectivity index (χ0v) is 14.6. The Hall–Kier alpha value is -1.79. The molecule has 2 aromatic rings. The van der Waals surface area contributed by atoms with Crippen LogP contribution in [0.15, 0.2) is 42.5 Å². The van der Waals surface area contributed by atoms with Gasteiger partial charge in [-0.1, -0.05) is 35.9 Å². The molecule has 0 aliphatic rings. The molecule has 2 aromatic carbocycles. The monoisotopic (exact) mass is 372 g/mol. The second-order valence-electron chi connectivity index (χ2n) is 5.37. The molecule has 0 aliphatic heterocycles. The van der Waals surface area contributed by atoms with E-state index < -0.39 is 11.7 Å². The van der Waals surface area contributed by atoms with E-state index in [1.807, 2.05) is 38.1 Å². The summed E-state index contributed by atoms with van der Waals surface area (Å²) in [6, 6.07) is 11.3. The molecule has 1 atom stereocenters. The highest BCUT2D eigenvalue weighted by atomic mass is 35.5. The third kappa shape index (κ3) is 4.61. The van der Waals surface area contributed by atoms with Crippen molar-refractivity contribution in [1.82, 2.24) is 5.32 Å². The van der Waals surface area contributed by atoms with Crippen molar-refractivity contribution in [2.24, 2.45) is 0 Å². The van der Waals surface area contributed by atoms with Crippen molar-refractivity contribution < 1.29 is 13.2 Å². The molecular weight excluding hydrogens is 357 g/mol. The summed E-state index contributed by atoms with van der Waals surface area (Å²) in [5.41, 5.74) is 1.49. The number of alkyl halides is 3. The first-order valence-electron chi connectivity index (χ1n) is 7.18. The van der Waals surface area contributed by atoms with Gasteiger partial charge in [-0.3, -0.25) is 0 Å². The summed E-state index contributed by atoms with van der Waals surface area (Å²) < 4.78 is 38.6. The van der Waals surface area contributed by atoms with Crippen molar-refractivity contribution in [1.29, 1.82) is 0 Å². The third-order valence-electron chi connectivity index (χ3n) is 3.53. The summed E-state index contributed by atoms with van der Waals surface area (Å²) in [4.78, 5) is 0. The largest absolute Gasteiger partial charge is 0.417 e. The van der Waals surface area contributed by atoms with Crippen LogP contribution in [0.2, 0.25) is 5.02 Å². The van der Waals surface area contributed by atoms with Gasteiger partial charge in [0.25, 0.3) is 0 Å². The molecule has 0 radical (unpaired) electrons. The average Bonchev–Trinajstić information content (AvgIpc) is 2.48. The fraction of sp³-hybridized carbons (Fsp3) is 0.235. The van der Waals surface area contributed by atoms with E-state index in [0.29, 0.717) is 0 Å². The maximum atomic E-state index is 12.9. The minimum Gasteiger partial charge on any atom is -0.356 e. The van der Waals surface area contributed by atoms with E-state index in [-0.39, 0.29) is 21.9 Å². The van der Waals surface area contributed by atoms with Crippen molar-refractivity contribution in [2.45, 2.75) is 26.1 Å². The fourth-order valence-corrected chi connectivity index (χ4v) is 2.85. The Kier molecular flexibility index (Phi) is 5.72. The number of benzene rings is 2. The highest BCUT2D eigenvalue weighted by Gasteiger charge is 2.33. The summed E-state index contributed by atoms with van der Waals surface area (Å²) in [6.07, 6.45) is -4.52. The predicted octanol–water partition coefficient (Wildman–Crippen LogP) is 5.71. The summed E-state index contributed by atoms with van der Waals surface area (Å²) in [5.74, 6) is 0. The van der Waals surface area contributed by atoms with Crippen LogP contribution in [0.5, 0.6) is 0 Å². The van der Waals surface area contributed by atoms with Gasteiger partial charge in [0.05, 0.1) is 16.6 Å². The van der Waals surface area contributed by atoms with Crippen LogP contribution in [0, 0.1) is 6.92 Å². The maximum Gasteiger partial charge on any atom is 0.417 e. The number of aryl methyl sites for hydroxylation is 1. The molecule has 0 aliphatic carbocycles. The fourth-order valence-electron chi connectivity index (χ4n) is 2.33. The van der Waals surface area contributed by atoms with Crippen LogP contribution < -0.4 is 10.6 Å². The van der Waals surface area contributed by atoms with Gasteiger partial charge in [-0.2, -0.15) is 13.2 Å². The standard InChI is InChI=1S/C17H16ClF3N2S/c1-10-5-3-4-6-13(10)11(2)22-16(24)23-12-7-8-15(18)14(9-12)17(19,20)21/h3-9,11H,1-2H3,(H2,22,23,24)/t11-/m0/s1. The topological polar surface area (TPSA) is 24.1 Å². The Morgan fingerprint density at radius 3 is 2.46 bits per heavy atom. The first-order chi connectivity index (χ1) is 11.2. The Morgan fingerprint density at radius 2 is 1.83 bits per heavy atom. The van der Waals surface area contributed by atoms with Crippen molar-refractivity contribution in [3.8, 4) is 0 Å². The molecule has 0 amide bonds. The smallest absolute Gasteiger partial charge is 0.356 e. The number of thiocarbonyl (C=S) groups is 1. The second kappa shape index (κ2) is 7.40. The van der Waals surface area contributed by atoms with Crippen LogP contribution in [0.1, 0.15) is 29.7 Å². The molecule has 128 valence electrons. The Balaban J connectivity index is 2.09. The number of hydrogen-bond acceptors (Lipinski definition) is 1. The Morgan fingerprint density at radius 1 is 1.17 bits per heavy atom. The number of halogens is 4. The molecule has 2 nitrogen and oxygen atoms in total. The number of anilines is 1. The quantitative estimate of drug-likeness (QED) is 0.674. The highest BCUT2D eigenvalue weighted by Crippen LogP contribution is 2.36. The van der Waals surface area contributed by atoms with Gasteiger partial charge in [0.2, 0.25) is 0 Å². The molecule has 24 heavy (non-hydrogen) atoms. The number of rotatable bonds is 3. The number of hydrogen-bond donors (Lipinski definition) is 2. The van der Waals surface area contributed by atoms with E-state index in [9.17, 15) is 13.2 Å².